The van der Waals surface area contributed by atoms with Gasteiger partial charge in [0.25, 0.3) is 0 Å². The molecule has 0 atom stereocenters. The second-order valence-corrected chi connectivity index (χ2v) is 5.40. The molecule has 0 saturated heterocycles. The molecule has 0 aliphatic carbocycles. The Morgan fingerprint density at radius 3 is 0.923 bits per heavy atom. The van der Waals surface area contributed by atoms with Crippen molar-refractivity contribution in [1.82, 2.24) is 0 Å². The van der Waals surface area contributed by atoms with Gasteiger partial charge in [0.2, 0.25) is 0 Å². The van der Waals surface area contributed by atoms with Crippen molar-refractivity contribution in [3.05, 3.63) is 70.8 Å². The fourth-order valence-corrected chi connectivity index (χ4v) is 2.69. The smallest absolute Gasteiger partial charge is 0.0221 e. The van der Waals surface area contributed by atoms with Crippen LogP contribution in [0.1, 0.15) is 90.5 Å². The van der Waals surface area contributed by atoms with Crippen LogP contribution in [0.3, 0.4) is 0 Å². The molecule has 146 valence electrons. The fourth-order valence-electron chi connectivity index (χ4n) is 2.69. The minimum absolute atomic E-state index is 1.07. The van der Waals surface area contributed by atoms with Gasteiger partial charge >= 0.3 is 0 Å². The van der Waals surface area contributed by atoms with Crippen LogP contribution in [-0.2, 0) is 0 Å². The topological polar surface area (TPSA) is 0 Å². The third-order valence-electron chi connectivity index (χ3n) is 3.87. The van der Waals surface area contributed by atoms with Crippen molar-refractivity contribution in [3.63, 3.8) is 0 Å². The second-order valence-electron chi connectivity index (χ2n) is 5.40. The van der Waals surface area contributed by atoms with Crippen LogP contribution in [-0.4, -0.2) is 0 Å². The first-order valence-corrected chi connectivity index (χ1v) is 10.5. The summed E-state index contributed by atoms with van der Waals surface area (Å²) in [5.41, 5.74) is 8.29. The molecule has 26 heavy (non-hydrogen) atoms. The summed E-state index contributed by atoms with van der Waals surface area (Å²) in [4.78, 5) is 0. The molecular weight excluding hydrogens is 312 g/mol. The third kappa shape index (κ3) is 8.52. The van der Waals surface area contributed by atoms with E-state index >= 15 is 0 Å². The summed E-state index contributed by atoms with van der Waals surface area (Å²) in [7, 11) is 0. The van der Waals surface area contributed by atoms with Gasteiger partial charge in [0.15, 0.2) is 0 Å². The van der Waals surface area contributed by atoms with Crippen LogP contribution in [0.2, 0.25) is 0 Å². The molecule has 2 aromatic rings. The molecule has 2 rings (SSSR count). The minimum Gasteiger partial charge on any atom is -0.0683 e. The highest BCUT2D eigenvalue weighted by atomic mass is 14.1. The molecule has 0 N–H and O–H groups in total. The average Bonchev–Trinajstić information content (AvgIpc) is 2.72. The van der Waals surface area contributed by atoms with E-state index in [1.54, 1.807) is 0 Å². The molecule has 0 bridgehead atoms. The minimum atomic E-state index is 1.07. The molecule has 0 nitrogen and oxygen atoms in total. The lowest BCUT2D eigenvalue weighted by Crippen LogP contribution is -1.92. The van der Waals surface area contributed by atoms with Gasteiger partial charge in [-0.25, -0.2) is 0 Å². The number of hydrogen-bond acceptors (Lipinski definition) is 0. The summed E-state index contributed by atoms with van der Waals surface area (Å²) in [5.74, 6) is 0. The normalized spacial score (nSPS) is 10.1. The average molecular weight is 355 g/mol. The Morgan fingerprint density at radius 1 is 0.500 bits per heavy atom. The molecule has 2 aromatic carbocycles. The van der Waals surface area contributed by atoms with E-state index in [2.05, 4.69) is 76.2 Å². The first kappa shape index (κ1) is 26.4. The Balaban J connectivity index is 0. The predicted octanol–water partition coefficient (Wildman–Crippen LogP) is 9.11. The molecule has 0 saturated carbocycles. The Morgan fingerprint density at radius 2 is 0.731 bits per heavy atom. The van der Waals surface area contributed by atoms with Crippen LogP contribution in [0.5, 0.6) is 0 Å². The third-order valence-corrected chi connectivity index (χ3v) is 3.87. The summed E-state index contributed by atoms with van der Waals surface area (Å²) in [6.07, 6.45) is 2.14. The van der Waals surface area contributed by atoms with Crippen molar-refractivity contribution in [2.24, 2.45) is 0 Å². The van der Waals surface area contributed by atoms with E-state index in [4.69, 9.17) is 0 Å². The van der Waals surface area contributed by atoms with Gasteiger partial charge in [-0.1, -0.05) is 115 Å². The van der Waals surface area contributed by atoms with Gasteiger partial charge in [0.05, 0.1) is 0 Å². The fraction of sp³-hybridized carbons (Fsp3) is 0.462. The first-order valence-electron chi connectivity index (χ1n) is 10.5. The van der Waals surface area contributed by atoms with Crippen molar-refractivity contribution < 1.29 is 0 Å². The molecule has 0 heterocycles. The van der Waals surface area contributed by atoms with E-state index in [-0.39, 0.29) is 0 Å². The molecule has 0 unspecified atom stereocenters. The van der Waals surface area contributed by atoms with Crippen LogP contribution >= 0.6 is 0 Å². The monoisotopic (exact) mass is 354 g/mol. The summed E-state index contributed by atoms with van der Waals surface area (Å²) in [6, 6.07) is 17.8. The SMILES string of the molecule is CC.CC.CC.CC/C(=C(/CC)c1ccc(C)cc1)c1ccc(C)cc1. The highest BCUT2D eigenvalue weighted by molar-refractivity contribution is 5.90. The van der Waals surface area contributed by atoms with E-state index in [9.17, 15) is 0 Å². The standard InChI is InChI=1S/C20H24.3C2H6/c1-5-19(17-11-7-15(3)8-12-17)20(6-2)18-13-9-16(4)10-14-18;3*1-2/h7-14H,5-6H2,1-4H3;3*1-2H3/b20-19+;;;. The van der Waals surface area contributed by atoms with Gasteiger partial charge in [0.1, 0.15) is 0 Å². The van der Waals surface area contributed by atoms with E-state index in [1.807, 2.05) is 41.5 Å². The zero-order chi connectivity index (χ0) is 20.5. The Kier molecular flexibility index (Phi) is 16.9. The van der Waals surface area contributed by atoms with Gasteiger partial charge in [-0.05, 0) is 49.0 Å². The maximum absolute atomic E-state index is 2.25. The molecule has 0 radical (unpaired) electrons. The molecule has 0 aliphatic heterocycles. The molecular formula is C26H42. The molecule has 0 aliphatic rings. The summed E-state index contributed by atoms with van der Waals surface area (Å²) < 4.78 is 0. The van der Waals surface area contributed by atoms with Crippen molar-refractivity contribution in [2.45, 2.75) is 82.1 Å². The van der Waals surface area contributed by atoms with Crippen molar-refractivity contribution in [1.29, 1.82) is 0 Å². The first-order chi connectivity index (χ1) is 12.7. The van der Waals surface area contributed by atoms with Crippen molar-refractivity contribution in [3.8, 4) is 0 Å². The summed E-state index contributed by atoms with van der Waals surface area (Å²) >= 11 is 0. The molecule has 0 spiro atoms. The van der Waals surface area contributed by atoms with Crippen LogP contribution in [0.4, 0.5) is 0 Å². The Hall–Kier alpha value is -1.82. The van der Waals surface area contributed by atoms with Crippen LogP contribution < -0.4 is 0 Å². The highest BCUT2D eigenvalue weighted by Gasteiger charge is 2.08. The number of rotatable bonds is 4. The molecule has 0 heteroatoms. The molecule has 0 amide bonds. The van der Waals surface area contributed by atoms with E-state index in [0.29, 0.717) is 0 Å². The number of hydrogen-bond donors (Lipinski definition) is 0. The second kappa shape index (κ2) is 16.6. The number of allylic oxidation sites excluding steroid dienone is 2. The van der Waals surface area contributed by atoms with Gasteiger partial charge in [-0.15, -0.1) is 0 Å². The Bertz CT molecular complexity index is 527. The summed E-state index contributed by atoms with van der Waals surface area (Å²) in [6.45, 7) is 20.8. The van der Waals surface area contributed by atoms with Crippen LogP contribution in [0.25, 0.3) is 11.1 Å². The summed E-state index contributed by atoms with van der Waals surface area (Å²) in [5, 5.41) is 0. The van der Waals surface area contributed by atoms with Gasteiger partial charge < -0.3 is 0 Å². The van der Waals surface area contributed by atoms with Crippen LogP contribution in [0.15, 0.2) is 48.5 Å². The quantitative estimate of drug-likeness (QED) is 0.480. The van der Waals surface area contributed by atoms with Gasteiger partial charge in [0, 0.05) is 0 Å². The number of aryl methyl sites for hydroxylation is 2. The predicted molar refractivity (Wildman–Crippen MR) is 124 cm³/mol. The zero-order valence-electron chi connectivity index (χ0n) is 19.0. The largest absolute Gasteiger partial charge is 0.0683 e. The van der Waals surface area contributed by atoms with Crippen molar-refractivity contribution >= 4 is 11.1 Å². The number of benzene rings is 2. The van der Waals surface area contributed by atoms with Crippen LogP contribution in [0, 0.1) is 13.8 Å². The van der Waals surface area contributed by atoms with Gasteiger partial charge in [-0.3, -0.25) is 0 Å². The van der Waals surface area contributed by atoms with E-state index in [0.717, 1.165) is 12.8 Å². The van der Waals surface area contributed by atoms with E-state index < -0.39 is 0 Å². The van der Waals surface area contributed by atoms with Gasteiger partial charge in [-0.2, -0.15) is 0 Å². The molecule has 0 aromatic heterocycles. The maximum Gasteiger partial charge on any atom is -0.0221 e. The van der Waals surface area contributed by atoms with E-state index in [1.165, 1.54) is 33.4 Å². The zero-order valence-corrected chi connectivity index (χ0v) is 19.0. The maximum atomic E-state index is 2.25. The lowest BCUT2D eigenvalue weighted by atomic mass is 9.90. The Labute approximate surface area is 164 Å². The van der Waals surface area contributed by atoms with Crippen molar-refractivity contribution in [2.75, 3.05) is 0 Å². The molecule has 0 fully saturated rings. The lowest BCUT2D eigenvalue weighted by Gasteiger charge is -2.14. The lowest BCUT2D eigenvalue weighted by molar-refractivity contribution is 1.18. The highest BCUT2D eigenvalue weighted by Crippen LogP contribution is 2.31.